The standard InChI is InChI=1S/C30H50O/c1-19(2)20-11-14-27(5)17-18-29(7)21(25(20)27)9-10-23-28(6)15-13-24(31)26(3,4)22(28)12-16-30(23,29)8/h20-25,31H,1,9-18H2,2-8H3/t20-,21+,22-,23+,24-,25+,27+,28-,29+,30+/m0/s1/i13D2,24D. The van der Waals surface area contributed by atoms with E-state index in [9.17, 15) is 5.11 Å². The lowest BCUT2D eigenvalue weighted by Crippen LogP contribution is -2.66. The first-order valence-electron chi connectivity index (χ1n) is 14.8. The van der Waals surface area contributed by atoms with Crippen molar-refractivity contribution in [1.29, 1.82) is 0 Å². The van der Waals surface area contributed by atoms with E-state index in [0.717, 1.165) is 24.7 Å². The molecule has 0 aliphatic heterocycles. The van der Waals surface area contributed by atoms with Gasteiger partial charge in [-0.3, -0.25) is 0 Å². The van der Waals surface area contributed by atoms with E-state index in [0.29, 0.717) is 23.7 Å². The van der Waals surface area contributed by atoms with E-state index in [-0.39, 0.29) is 22.2 Å². The normalized spacial score (nSPS) is 63.4. The topological polar surface area (TPSA) is 20.2 Å². The minimum atomic E-state index is -2.05. The molecule has 0 radical (unpaired) electrons. The SMILES string of the molecule is [2H]C1([2H])C[C@]2(C)[C@H]3CC[C@@H]4[C@H]5[C@H](C(=C)C)CC[C@]5(C)CC[C@@]4(C)[C@]3(C)CC[C@H]2C(C)(C)[C@@]1([2H])O. The van der Waals surface area contributed by atoms with Crippen LogP contribution in [-0.4, -0.2) is 11.2 Å². The van der Waals surface area contributed by atoms with Gasteiger partial charge < -0.3 is 5.11 Å². The third-order valence-electron chi connectivity index (χ3n) is 12.9. The summed E-state index contributed by atoms with van der Waals surface area (Å²) in [4.78, 5) is 0. The summed E-state index contributed by atoms with van der Waals surface area (Å²) in [5, 5.41) is 11.2. The third kappa shape index (κ3) is 2.65. The first-order chi connectivity index (χ1) is 15.4. The first kappa shape index (κ1) is 19.1. The van der Waals surface area contributed by atoms with Crippen molar-refractivity contribution in [2.24, 2.45) is 56.7 Å². The predicted octanol–water partition coefficient (Wildman–Crippen LogP) is 8.02. The number of fused-ring (bicyclic) bond motifs is 7. The Labute approximate surface area is 197 Å². The Morgan fingerprint density at radius 3 is 2.26 bits per heavy atom. The van der Waals surface area contributed by atoms with Gasteiger partial charge in [0, 0.05) is 2.74 Å². The van der Waals surface area contributed by atoms with Gasteiger partial charge in [-0.15, -0.1) is 0 Å². The maximum absolute atomic E-state index is 11.2. The van der Waals surface area contributed by atoms with Crippen LogP contribution in [-0.2, 0) is 0 Å². The molecule has 5 rings (SSSR count). The van der Waals surface area contributed by atoms with Crippen molar-refractivity contribution in [3.63, 3.8) is 0 Å². The molecule has 5 fully saturated rings. The van der Waals surface area contributed by atoms with E-state index in [4.69, 9.17) is 4.11 Å². The zero-order valence-corrected chi connectivity index (χ0v) is 21.4. The summed E-state index contributed by atoms with van der Waals surface area (Å²) < 4.78 is 26.4. The van der Waals surface area contributed by atoms with Gasteiger partial charge >= 0.3 is 0 Å². The average molecular weight is 430 g/mol. The maximum atomic E-state index is 11.2. The van der Waals surface area contributed by atoms with Crippen LogP contribution in [0.25, 0.3) is 0 Å². The minimum absolute atomic E-state index is 0.174. The molecule has 5 aliphatic carbocycles. The molecule has 0 aromatic carbocycles. The van der Waals surface area contributed by atoms with Gasteiger partial charge in [-0.05, 0) is 128 Å². The molecule has 10 atom stereocenters. The molecule has 0 amide bonds. The second-order valence-corrected chi connectivity index (χ2v) is 14.3. The minimum Gasteiger partial charge on any atom is -0.393 e. The van der Waals surface area contributed by atoms with E-state index < -0.39 is 17.9 Å². The summed E-state index contributed by atoms with van der Waals surface area (Å²) in [6.45, 7) is 20.7. The number of hydrogen-bond acceptors (Lipinski definition) is 1. The molecule has 0 unspecified atom stereocenters. The van der Waals surface area contributed by atoms with Gasteiger partial charge in [-0.1, -0.05) is 53.7 Å². The van der Waals surface area contributed by atoms with Crippen molar-refractivity contribution in [3.05, 3.63) is 12.2 Å². The molecule has 5 saturated carbocycles. The summed E-state index contributed by atoms with van der Waals surface area (Å²) in [5.74, 6) is 2.73. The van der Waals surface area contributed by atoms with Crippen molar-refractivity contribution in [2.45, 2.75) is 119 Å². The van der Waals surface area contributed by atoms with Crippen LogP contribution in [0.4, 0.5) is 0 Å². The lowest BCUT2D eigenvalue weighted by Gasteiger charge is -2.73. The molecule has 0 aromatic heterocycles. The van der Waals surface area contributed by atoms with E-state index >= 15 is 0 Å². The molecule has 0 spiro atoms. The zero-order chi connectivity index (χ0) is 25.3. The quantitative estimate of drug-likeness (QED) is 0.418. The second-order valence-electron chi connectivity index (χ2n) is 14.3. The molecule has 0 heterocycles. The Morgan fingerprint density at radius 1 is 0.871 bits per heavy atom. The Morgan fingerprint density at radius 2 is 1.58 bits per heavy atom. The van der Waals surface area contributed by atoms with Gasteiger partial charge in [-0.25, -0.2) is 0 Å². The van der Waals surface area contributed by atoms with Crippen molar-refractivity contribution in [1.82, 2.24) is 0 Å². The summed E-state index contributed by atoms with van der Waals surface area (Å²) in [5.41, 5.74) is 1.31. The summed E-state index contributed by atoms with van der Waals surface area (Å²) in [7, 11) is 0. The van der Waals surface area contributed by atoms with Crippen LogP contribution in [0.2, 0.25) is 0 Å². The molecule has 0 saturated heterocycles. The lowest BCUT2D eigenvalue weighted by atomic mass is 9.32. The Kier molecular flexibility index (Phi) is 4.08. The van der Waals surface area contributed by atoms with E-state index in [1.54, 1.807) is 0 Å². The molecule has 1 N–H and O–H groups in total. The van der Waals surface area contributed by atoms with Crippen molar-refractivity contribution in [3.8, 4) is 0 Å². The van der Waals surface area contributed by atoms with Gasteiger partial charge in [0.2, 0.25) is 0 Å². The predicted molar refractivity (Wildman–Crippen MR) is 131 cm³/mol. The van der Waals surface area contributed by atoms with Gasteiger partial charge in [0.15, 0.2) is 0 Å². The fourth-order valence-corrected chi connectivity index (χ4v) is 11.0. The van der Waals surface area contributed by atoms with Gasteiger partial charge in [0.05, 0.1) is 7.45 Å². The molecular formula is C30H50O. The van der Waals surface area contributed by atoms with Gasteiger partial charge in [0.1, 0.15) is 0 Å². The van der Waals surface area contributed by atoms with Crippen LogP contribution in [0.5, 0.6) is 0 Å². The lowest BCUT2D eigenvalue weighted by molar-refractivity contribution is -0.246. The molecule has 31 heavy (non-hydrogen) atoms. The molecule has 1 nitrogen and oxygen atoms in total. The molecule has 1 heteroatoms. The Bertz CT molecular complexity index is 893. The van der Waals surface area contributed by atoms with E-state index in [1.165, 1.54) is 44.1 Å². The smallest absolute Gasteiger partial charge is 0.0606 e. The third-order valence-corrected chi connectivity index (χ3v) is 12.9. The highest BCUT2D eigenvalue weighted by Gasteiger charge is 2.70. The molecule has 0 aromatic rings. The fraction of sp³-hybridized carbons (Fsp3) is 0.933. The zero-order valence-electron chi connectivity index (χ0n) is 24.4. The van der Waals surface area contributed by atoms with Crippen LogP contribution in [0.3, 0.4) is 0 Å². The fourth-order valence-electron chi connectivity index (χ4n) is 11.0. The monoisotopic (exact) mass is 429 g/mol. The number of allylic oxidation sites excluding steroid dienone is 1. The van der Waals surface area contributed by atoms with Crippen LogP contribution in [0, 0.1) is 56.7 Å². The highest BCUT2D eigenvalue weighted by atomic mass is 16.3. The highest BCUT2D eigenvalue weighted by Crippen LogP contribution is 2.77. The Balaban J connectivity index is 1.58. The maximum Gasteiger partial charge on any atom is 0.0606 e. The number of rotatable bonds is 1. The summed E-state index contributed by atoms with van der Waals surface area (Å²) in [6.07, 6.45) is 6.18. The number of aliphatic hydroxyl groups is 1. The van der Waals surface area contributed by atoms with Crippen LogP contribution < -0.4 is 0 Å². The molecule has 5 aliphatic rings. The number of hydrogen-bond donors (Lipinski definition) is 1. The van der Waals surface area contributed by atoms with Crippen LogP contribution in [0.15, 0.2) is 12.2 Å². The first-order valence-corrected chi connectivity index (χ1v) is 13.3. The van der Waals surface area contributed by atoms with Crippen molar-refractivity contribution < 1.29 is 9.22 Å². The van der Waals surface area contributed by atoms with E-state index in [1.807, 2.05) is 13.8 Å². The van der Waals surface area contributed by atoms with Crippen LogP contribution in [0.1, 0.15) is 117 Å². The van der Waals surface area contributed by atoms with Crippen molar-refractivity contribution >= 4 is 0 Å². The van der Waals surface area contributed by atoms with Gasteiger partial charge in [-0.2, -0.15) is 0 Å². The van der Waals surface area contributed by atoms with Gasteiger partial charge in [0.25, 0.3) is 0 Å². The second kappa shape index (κ2) is 6.64. The molecule has 176 valence electrons. The summed E-state index contributed by atoms with van der Waals surface area (Å²) in [6, 6.07) is 0. The van der Waals surface area contributed by atoms with E-state index in [2.05, 4.69) is 41.2 Å². The van der Waals surface area contributed by atoms with Crippen LogP contribution >= 0.6 is 0 Å². The largest absolute Gasteiger partial charge is 0.393 e. The average Bonchev–Trinajstić information content (AvgIpc) is 3.05. The molecule has 0 bridgehead atoms. The Hall–Kier alpha value is -0.300. The summed E-state index contributed by atoms with van der Waals surface area (Å²) >= 11 is 0. The van der Waals surface area contributed by atoms with Crippen molar-refractivity contribution in [2.75, 3.05) is 0 Å². The molecular weight excluding hydrogens is 376 g/mol. The highest BCUT2D eigenvalue weighted by molar-refractivity contribution is 5.21.